The number of rotatable bonds is 6. The first-order valence-corrected chi connectivity index (χ1v) is 13.1. The number of nitrogens with zero attached hydrogens (tertiary/aromatic N) is 2. The zero-order valence-corrected chi connectivity index (χ0v) is 20.7. The molecular formula is C26H40ClN3O3. The Morgan fingerprint density at radius 1 is 0.879 bits per heavy atom. The van der Waals surface area contributed by atoms with E-state index in [2.05, 4.69) is 10.2 Å². The number of carbonyl (C=O) groups is 2. The van der Waals surface area contributed by atoms with Gasteiger partial charge in [-0.3, -0.25) is 9.59 Å². The van der Waals surface area contributed by atoms with Crippen LogP contribution in [0, 0.1) is 0 Å². The SMILES string of the molecule is O=C(COCC(=O)N1CCN(c2cccc(Cl)c2)CC1)NC1CCCCCCCCCCC1. The molecule has 184 valence electrons. The molecule has 1 N–H and O–H groups in total. The van der Waals surface area contributed by atoms with Gasteiger partial charge in [0.1, 0.15) is 13.2 Å². The van der Waals surface area contributed by atoms with Crippen LogP contribution in [0.1, 0.15) is 70.6 Å². The number of carbonyl (C=O) groups excluding carboxylic acids is 2. The number of hydrogen-bond acceptors (Lipinski definition) is 4. The van der Waals surface area contributed by atoms with Crippen LogP contribution in [-0.4, -0.2) is 62.1 Å². The molecule has 3 rings (SSSR count). The lowest BCUT2D eigenvalue weighted by Crippen LogP contribution is -2.50. The van der Waals surface area contributed by atoms with Crippen molar-refractivity contribution in [3.05, 3.63) is 29.3 Å². The van der Waals surface area contributed by atoms with E-state index in [9.17, 15) is 9.59 Å². The number of ether oxygens (including phenoxy) is 1. The van der Waals surface area contributed by atoms with Gasteiger partial charge >= 0.3 is 0 Å². The molecule has 1 aromatic carbocycles. The third-order valence-electron chi connectivity index (χ3n) is 6.73. The highest BCUT2D eigenvalue weighted by Gasteiger charge is 2.22. The molecule has 0 unspecified atom stereocenters. The van der Waals surface area contributed by atoms with E-state index in [1.54, 1.807) is 0 Å². The monoisotopic (exact) mass is 477 g/mol. The van der Waals surface area contributed by atoms with Gasteiger partial charge in [0.25, 0.3) is 0 Å². The smallest absolute Gasteiger partial charge is 0.248 e. The van der Waals surface area contributed by atoms with Crippen molar-refractivity contribution in [2.24, 2.45) is 0 Å². The zero-order chi connectivity index (χ0) is 23.3. The molecule has 1 saturated heterocycles. The second-order valence-corrected chi connectivity index (χ2v) is 9.80. The highest BCUT2D eigenvalue weighted by molar-refractivity contribution is 6.30. The number of amides is 2. The molecule has 0 aromatic heterocycles. The maximum atomic E-state index is 12.5. The first-order chi connectivity index (χ1) is 16.1. The van der Waals surface area contributed by atoms with E-state index >= 15 is 0 Å². The Hall–Kier alpha value is -1.79. The summed E-state index contributed by atoms with van der Waals surface area (Å²) in [5.74, 6) is -0.162. The van der Waals surface area contributed by atoms with Crippen LogP contribution in [0.2, 0.25) is 5.02 Å². The van der Waals surface area contributed by atoms with Crippen LogP contribution in [-0.2, 0) is 14.3 Å². The topological polar surface area (TPSA) is 61.9 Å². The average Bonchev–Trinajstić information content (AvgIpc) is 2.81. The molecule has 0 spiro atoms. The van der Waals surface area contributed by atoms with Crippen molar-refractivity contribution < 1.29 is 14.3 Å². The van der Waals surface area contributed by atoms with Crippen molar-refractivity contribution in [2.45, 2.75) is 76.7 Å². The minimum absolute atomic E-state index is 0.0464. The van der Waals surface area contributed by atoms with Crippen LogP contribution >= 0.6 is 11.6 Å². The molecule has 6 nitrogen and oxygen atoms in total. The van der Waals surface area contributed by atoms with Gasteiger partial charge in [0.2, 0.25) is 11.8 Å². The zero-order valence-electron chi connectivity index (χ0n) is 19.9. The van der Waals surface area contributed by atoms with Gasteiger partial charge in [0.05, 0.1) is 0 Å². The number of halogens is 1. The summed E-state index contributed by atoms with van der Waals surface area (Å²) in [6.07, 6.45) is 13.6. The van der Waals surface area contributed by atoms with Crippen molar-refractivity contribution in [1.29, 1.82) is 0 Å². The lowest BCUT2D eigenvalue weighted by Gasteiger charge is -2.36. The van der Waals surface area contributed by atoms with E-state index in [0.29, 0.717) is 18.1 Å². The summed E-state index contributed by atoms with van der Waals surface area (Å²) >= 11 is 6.09. The maximum Gasteiger partial charge on any atom is 0.248 e. The van der Waals surface area contributed by atoms with Crippen LogP contribution in [0.3, 0.4) is 0 Å². The second kappa shape index (κ2) is 14.5. The standard InChI is InChI=1S/C26H40ClN3O3/c27-22-11-10-14-24(19-22)29-15-17-30(18-16-29)26(32)21-33-20-25(31)28-23-12-8-6-4-2-1-3-5-7-9-13-23/h10-11,14,19,23H,1-9,12-13,15-18,20-21H2,(H,28,31). The quantitative estimate of drug-likeness (QED) is 0.639. The molecular weight excluding hydrogens is 438 g/mol. The average molecular weight is 478 g/mol. The van der Waals surface area contributed by atoms with Gasteiger partial charge in [0, 0.05) is 42.9 Å². The number of nitrogens with one attached hydrogen (secondary N) is 1. The van der Waals surface area contributed by atoms with Crippen LogP contribution in [0.4, 0.5) is 5.69 Å². The van der Waals surface area contributed by atoms with Crippen molar-refractivity contribution in [1.82, 2.24) is 10.2 Å². The molecule has 2 aliphatic rings. The van der Waals surface area contributed by atoms with Crippen LogP contribution < -0.4 is 10.2 Å². The van der Waals surface area contributed by atoms with Crippen molar-refractivity contribution in [3.8, 4) is 0 Å². The van der Waals surface area contributed by atoms with E-state index in [-0.39, 0.29) is 31.1 Å². The summed E-state index contributed by atoms with van der Waals surface area (Å²) < 4.78 is 5.48. The normalized spacial score (nSPS) is 19.4. The number of benzene rings is 1. The highest BCUT2D eigenvalue weighted by atomic mass is 35.5. The Kier molecular flexibility index (Phi) is 11.3. The summed E-state index contributed by atoms with van der Waals surface area (Å²) in [7, 11) is 0. The summed E-state index contributed by atoms with van der Waals surface area (Å²) in [5.41, 5.74) is 1.08. The van der Waals surface area contributed by atoms with E-state index in [1.165, 1.54) is 57.8 Å². The van der Waals surface area contributed by atoms with Crippen molar-refractivity contribution in [2.75, 3.05) is 44.3 Å². The predicted molar refractivity (Wildman–Crippen MR) is 134 cm³/mol. The minimum atomic E-state index is -0.106. The first-order valence-electron chi connectivity index (χ1n) is 12.8. The van der Waals surface area contributed by atoms with Gasteiger partial charge in [-0.2, -0.15) is 0 Å². The van der Waals surface area contributed by atoms with Crippen LogP contribution in [0.25, 0.3) is 0 Å². The van der Waals surface area contributed by atoms with Gasteiger partial charge in [-0.15, -0.1) is 0 Å². The summed E-state index contributed by atoms with van der Waals surface area (Å²) in [6, 6.07) is 8.02. The number of piperazine rings is 1. The second-order valence-electron chi connectivity index (χ2n) is 9.36. The van der Waals surface area contributed by atoms with E-state index in [1.807, 2.05) is 29.2 Å². The van der Waals surface area contributed by atoms with Gasteiger partial charge in [-0.1, -0.05) is 75.5 Å². The van der Waals surface area contributed by atoms with E-state index in [0.717, 1.165) is 31.6 Å². The molecule has 2 amide bonds. The van der Waals surface area contributed by atoms with Crippen LogP contribution in [0.15, 0.2) is 24.3 Å². The Balaban J connectivity index is 1.32. The Labute approximate surface area is 204 Å². The molecule has 0 atom stereocenters. The largest absolute Gasteiger partial charge is 0.368 e. The minimum Gasteiger partial charge on any atom is -0.368 e. The lowest BCUT2D eigenvalue weighted by atomic mass is 9.98. The lowest BCUT2D eigenvalue weighted by molar-refractivity contribution is -0.138. The molecule has 2 fully saturated rings. The summed E-state index contributed by atoms with van der Waals surface area (Å²) in [5, 5.41) is 3.86. The fourth-order valence-electron chi connectivity index (χ4n) is 4.79. The van der Waals surface area contributed by atoms with E-state index in [4.69, 9.17) is 16.3 Å². The van der Waals surface area contributed by atoms with Gasteiger partial charge in [0.15, 0.2) is 0 Å². The number of hydrogen-bond donors (Lipinski definition) is 1. The van der Waals surface area contributed by atoms with Crippen LogP contribution in [0.5, 0.6) is 0 Å². The summed E-state index contributed by atoms with van der Waals surface area (Å²) in [6.45, 7) is 2.70. The Morgan fingerprint density at radius 3 is 2.09 bits per heavy atom. The molecule has 0 bridgehead atoms. The molecule has 1 aromatic rings. The molecule has 1 heterocycles. The highest BCUT2D eigenvalue weighted by Crippen LogP contribution is 2.21. The molecule has 7 heteroatoms. The third-order valence-corrected chi connectivity index (χ3v) is 6.97. The molecule has 33 heavy (non-hydrogen) atoms. The molecule has 1 aliphatic carbocycles. The summed E-state index contributed by atoms with van der Waals surface area (Å²) in [4.78, 5) is 28.9. The Morgan fingerprint density at radius 2 is 1.48 bits per heavy atom. The van der Waals surface area contributed by atoms with Gasteiger partial charge < -0.3 is 19.9 Å². The maximum absolute atomic E-state index is 12.5. The Bertz CT molecular complexity index is 725. The predicted octanol–water partition coefficient (Wildman–Crippen LogP) is 4.79. The molecule has 0 radical (unpaired) electrons. The molecule has 1 saturated carbocycles. The van der Waals surface area contributed by atoms with E-state index < -0.39 is 0 Å². The van der Waals surface area contributed by atoms with Gasteiger partial charge in [-0.25, -0.2) is 0 Å². The number of anilines is 1. The fourth-order valence-corrected chi connectivity index (χ4v) is 4.97. The van der Waals surface area contributed by atoms with Crippen molar-refractivity contribution >= 4 is 29.1 Å². The van der Waals surface area contributed by atoms with Gasteiger partial charge in [-0.05, 0) is 31.0 Å². The first kappa shape index (κ1) is 25.8. The van der Waals surface area contributed by atoms with Crippen molar-refractivity contribution in [3.63, 3.8) is 0 Å². The fraction of sp³-hybridized carbons (Fsp3) is 0.692. The third kappa shape index (κ3) is 9.54. The molecule has 1 aliphatic heterocycles.